The third-order valence-electron chi connectivity index (χ3n) is 6.58. The van der Waals surface area contributed by atoms with Gasteiger partial charge in [0, 0.05) is 25.0 Å². The fourth-order valence-corrected chi connectivity index (χ4v) is 4.60. The highest BCUT2D eigenvalue weighted by molar-refractivity contribution is 6.05. The number of rotatable bonds is 6. The van der Waals surface area contributed by atoms with Gasteiger partial charge < -0.3 is 14.7 Å². The van der Waals surface area contributed by atoms with Crippen LogP contribution in [0.15, 0.2) is 40.7 Å². The van der Waals surface area contributed by atoms with Gasteiger partial charge in [-0.25, -0.2) is 9.79 Å². The minimum absolute atomic E-state index is 0.183. The van der Waals surface area contributed by atoms with Crippen LogP contribution in [0.5, 0.6) is 0 Å². The summed E-state index contributed by atoms with van der Waals surface area (Å²) < 4.78 is 0. The highest BCUT2D eigenvalue weighted by atomic mass is 16.2. The van der Waals surface area contributed by atoms with Crippen molar-refractivity contribution in [2.45, 2.75) is 45.9 Å². The third kappa shape index (κ3) is 3.48. The number of hydrogen-bond donors (Lipinski definition) is 0. The summed E-state index contributed by atoms with van der Waals surface area (Å²) in [5, 5.41) is 0. The van der Waals surface area contributed by atoms with Gasteiger partial charge in [0.25, 0.3) is 5.91 Å². The van der Waals surface area contributed by atoms with Crippen molar-refractivity contribution in [1.29, 1.82) is 0 Å². The smallest absolute Gasteiger partial charge is 0.314 e. The Bertz CT molecular complexity index is 969. The van der Waals surface area contributed by atoms with Crippen molar-refractivity contribution in [2.24, 2.45) is 4.99 Å². The average molecular weight is 425 g/mol. The number of nitrogens with zero attached hydrogens (tertiary/aromatic N) is 6. The van der Waals surface area contributed by atoms with Gasteiger partial charge in [0.2, 0.25) is 5.96 Å². The van der Waals surface area contributed by atoms with Crippen molar-refractivity contribution in [1.82, 2.24) is 24.5 Å². The zero-order valence-electron chi connectivity index (χ0n) is 19.3. The predicted octanol–water partition coefficient (Wildman–Crippen LogP) is 2.27. The van der Waals surface area contributed by atoms with Crippen molar-refractivity contribution >= 4 is 17.9 Å². The Morgan fingerprint density at radius 2 is 1.74 bits per heavy atom. The van der Waals surface area contributed by atoms with Crippen LogP contribution >= 0.6 is 0 Å². The number of amides is 3. The molecule has 1 fully saturated rings. The molecule has 0 radical (unpaired) electrons. The fourth-order valence-electron chi connectivity index (χ4n) is 4.60. The monoisotopic (exact) mass is 424 g/mol. The summed E-state index contributed by atoms with van der Waals surface area (Å²) in [5.74, 6) is 0.604. The SMILES string of the molecule is CC1=C(C)N2C(=NC3C2C(=O)N(Cc2ccccc2C)C(=O)N3C)N1CCCN(C)C. The van der Waals surface area contributed by atoms with Crippen molar-refractivity contribution < 1.29 is 9.59 Å². The van der Waals surface area contributed by atoms with Gasteiger partial charge in [0.15, 0.2) is 12.2 Å². The molecular weight excluding hydrogens is 392 g/mol. The molecule has 3 heterocycles. The van der Waals surface area contributed by atoms with E-state index >= 15 is 0 Å². The molecule has 0 saturated carbocycles. The normalized spacial score (nSPS) is 23.3. The number of benzene rings is 1. The molecule has 1 aromatic carbocycles. The number of allylic oxidation sites excluding steroid dienone is 2. The number of carbonyl (C=O) groups excluding carboxylic acids is 2. The Kier molecular flexibility index (Phi) is 5.51. The molecule has 4 rings (SSSR count). The van der Waals surface area contributed by atoms with Crippen LogP contribution < -0.4 is 0 Å². The van der Waals surface area contributed by atoms with Gasteiger partial charge in [-0.05, 0) is 59.0 Å². The molecule has 3 aliphatic rings. The van der Waals surface area contributed by atoms with Gasteiger partial charge >= 0.3 is 6.03 Å². The van der Waals surface area contributed by atoms with Gasteiger partial charge in [-0.3, -0.25) is 14.6 Å². The van der Waals surface area contributed by atoms with Crippen LogP contribution in [-0.4, -0.2) is 88.8 Å². The Hall–Kier alpha value is -2.87. The van der Waals surface area contributed by atoms with Crippen molar-refractivity contribution in [3.63, 3.8) is 0 Å². The van der Waals surface area contributed by atoms with Crippen LogP contribution in [0.4, 0.5) is 4.79 Å². The molecule has 0 aliphatic carbocycles. The molecule has 166 valence electrons. The van der Waals surface area contributed by atoms with E-state index in [0.717, 1.165) is 48.0 Å². The summed E-state index contributed by atoms with van der Waals surface area (Å²) in [5.41, 5.74) is 4.19. The zero-order chi connectivity index (χ0) is 22.4. The summed E-state index contributed by atoms with van der Waals surface area (Å²) in [7, 11) is 5.87. The van der Waals surface area contributed by atoms with Crippen LogP contribution in [0, 0.1) is 6.92 Å². The van der Waals surface area contributed by atoms with E-state index < -0.39 is 12.2 Å². The van der Waals surface area contributed by atoms with Gasteiger partial charge in [-0.1, -0.05) is 24.3 Å². The summed E-state index contributed by atoms with van der Waals surface area (Å²) in [6, 6.07) is 7.06. The van der Waals surface area contributed by atoms with Crippen molar-refractivity contribution in [3.8, 4) is 0 Å². The highest BCUT2D eigenvalue weighted by Gasteiger charge is 2.55. The van der Waals surface area contributed by atoms with Gasteiger partial charge in [-0.2, -0.15) is 0 Å². The molecule has 31 heavy (non-hydrogen) atoms. The number of imide groups is 1. The lowest BCUT2D eigenvalue weighted by molar-refractivity contribution is -0.137. The maximum atomic E-state index is 13.6. The summed E-state index contributed by atoms with van der Waals surface area (Å²) >= 11 is 0. The molecule has 0 spiro atoms. The number of aryl methyl sites for hydroxylation is 1. The Morgan fingerprint density at radius 1 is 1.03 bits per heavy atom. The quantitative estimate of drug-likeness (QED) is 0.701. The first-order valence-electron chi connectivity index (χ1n) is 10.8. The largest absolute Gasteiger partial charge is 0.328 e. The number of urea groups is 1. The molecule has 3 amide bonds. The third-order valence-corrected chi connectivity index (χ3v) is 6.58. The first-order chi connectivity index (χ1) is 14.7. The Labute approximate surface area is 184 Å². The molecule has 0 N–H and O–H groups in total. The first-order valence-corrected chi connectivity index (χ1v) is 10.8. The molecule has 1 saturated heterocycles. The van der Waals surface area contributed by atoms with Gasteiger partial charge in [0.05, 0.1) is 6.54 Å². The maximum Gasteiger partial charge on any atom is 0.328 e. The van der Waals surface area contributed by atoms with E-state index in [4.69, 9.17) is 4.99 Å². The molecule has 1 aromatic rings. The van der Waals surface area contributed by atoms with Crippen LogP contribution in [0.1, 0.15) is 31.4 Å². The van der Waals surface area contributed by atoms with Crippen molar-refractivity contribution in [3.05, 3.63) is 46.8 Å². The molecule has 3 aliphatic heterocycles. The van der Waals surface area contributed by atoms with E-state index in [0.29, 0.717) is 0 Å². The van der Waals surface area contributed by atoms with Crippen LogP contribution in [-0.2, 0) is 11.3 Å². The van der Waals surface area contributed by atoms with E-state index in [2.05, 4.69) is 30.8 Å². The number of likely N-dealkylation sites (N-methyl/N-ethyl adjacent to an activating group) is 1. The van der Waals surface area contributed by atoms with E-state index in [9.17, 15) is 9.59 Å². The van der Waals surface area contributed by atoms with E-state index in [-0.39, 0.29) is 18.5 Å². The van der Waals surface area contributed by atoms with Crippen molar-refractivity contribution in [2.75, 3.05) is 34.2 Å². The molecule has 0 aromatic heterocycles. The topological polar surface area (TPSA) is 62.7 Å². The Balaban J connectivity index is 1.61. The summed E-state index contributed by atoms with van der Waals surface area (Å²) in [6.45, 7) is 8.19. The van der Waals surface area contributed by atoms with Crippen LogP contribution in [0.25, 0.3) is 0 Å². The zero-order valence-corrected chi connectivity index (χ0v) is 19.3. The molecule has 8 nitrogen and oxygen atoms in total. The minimum atomic E-state index is -0.518. The first kappa shape index (κ1) is 21.4. The van der Waals surface area contributed by atoms with E-state index in [1.54, 1.807) is 11.9 Å². The lowest BCUT2D eigenvalue weighted by Gasteiger charge is -2.41. The van der Waals surface area contributed by atoms with Crippen LogP contribution in [0.3, 0.4) is 0 Å². The second-order valence-electron chi connectivity index (χ2n) is 8.88. The highest BCUT2D eigenvalue weighted by Crippen LogP contribution is 2.38. The molecular formula is C23H32N6O2. The Morgan fingerprint density at radius 3 is 2.42 bits per heavy atom. The lowest BCUT2D eigenvalue weighted by atomic mass is 10.1. The van der Waals surface area contributed by atoms with E-state index in [1.807, 2.05) is 43.0 Å². The summed E-state index contributed by atoms with van der Waals surface area (Å²) in [4.78, 5) is 40.9. The minimum Gasteiger partial charge on any atom is -0.314 e. The number of hydrogen-bond acceptors (Lipinski definition) is 6. The standard InChI is InChI=1S/C23H32N6O2/c1-15-10-7-8-11-18(15)14-28-21(30)19-20(26(6)23(28)31)24-22-27(13-9-12-25(4)5)16(2)17(3)29(19)22/h7-8,10-11,19-20H,9,12-14H2,1-6H3. The average Bonchev–Trinajstić information content (AvgIpc) is 3.22. The number of fused-ring (bicyclic) bond motifs is 3. The maximum absolute atomic E-state index is 13.6. The molecule has 0 bridgehead atoms. The number of aliphatic imine (C=N–C) groups is 1. The van der Waals surface area contributed by atoms with Gasteiger partial charge in [0.1, 0.15) is 0 Å². The summed E-state index contributed by atoms with van der Waals surface area (Å²) in [6.07, 6.45) is 0.490. The number of carbonyl (C=O) groups is 2. The lowest BCUT2D eigenvalue weighted by Crippen LogP contribution is -2.64. The molecule has 8 heteroatoms. The number of guanidine groups is 1. The second kappa shape index (κ2) is 8.00. The van der Waals surface area contributed by atoms with Gasteiger partial charge in [-0.15, -0.1) is 0 Å². The molecule has 2 atom stereocenters. The predicted molar refractivity (Wildman–Crippen MR) is 120 cm³/mol. The van der Waals surface area contributed by atoms with Crippen LogP contribution in [0.2, 0.25) is 0 Å². The molecule has 2 unspecified atom stereocenters. The second-order valence-corrected chi connectivity index (χ2v) is 8.88. The van der Waals surface area contributed by atoms with E-state index in [1.165, 1.54) is 4.90 Å². The fraction of sp³-hybridized carbons (Fsp3) is 0.522.